The number of ketones is 1. The fraction of sp³-hybridized carbons (Fsp3) is 0.391. The third-order valence-electron chi connectivity index (χ3n) is 5.48. The van der Waals surface area contributed by atoms with Gasteiger partial charge >= 0.3 is 0 Å². The van der Waals surface area contributed by atoms with Crippen molar-refractivity contribution in [3.63, 3.8) is 0 Å². The molecule has 178 valence electrons. The van der Waals surface area contributed by atoms with Gasteiger partial charge in [0.05, 0.1) is 24.8 Å². The van der Waals surface area contributed by atoms with Gasteiger partial charge in [0.1, 0.15) is 5.75 Å². The molecule has 0 aliphatic carbocycles. The zero-order valence-corrected chi connectivity index (χ0v) is 19.5. The summed E-state index contributed by atoms with van der Waals surface area (Å²) in [5.74, 6) is -0.151. The molecule has 1 saturated heterocycles. The van der Waals surface area contributed by atoms with Crippen molar-refractivity contribution in [2.75, 3.05) is 32.6 Å². The molecule has 3 rings (SSSR count). The summed E-state index contributed by atoms with van der Waals surface area (Å²) in [6.07, 6.45) is 2.37. The van der Waals surface area contributed by atoms with Gasteiger partial charge in [0.2, 0.25) is 15.9 Å². The fourth-order valence-electron chi connectivity index (χ4n) is 3.62. The second kappa shape index (κ2) is 10.7. The zero-order chi connectivity index (χ0) is 24.0. The Labute approximate surface area is 193 Å². The number of anilines is 1. The Kier molecular flexibility index (Phi) is 7.93. The molecule has 1 amide bonds. The lowest BCUT2D eigenvalue weighted by Crippen LogP contribution is -2.35. The average Bonchev–Trinajstić information content (AvgIpc) is 2.83. The van der Waals surface area contributed by atoms with Gasteiger partial charge in [-0.1, -0.05) is 6.42 Å². The smallest absolute Gasteiger partial charge is 0.243 e. The molecule has 0 bridgehead atoms. The Bertz CT molecular complexity index is 1130. The minimum atomic E-state index is -3.72. The van der Waals surface area contributed by atoms with Crippen molar-refractivity contribution < 1.29 is 32.6 Å². The van der Waals surface area contributed by atoms with E-state index >= 15 is 0 Å². The van der Waals surface area contributed by atoms with E-state index in [2.05, 4.69) is 5.32 Å². The molecule has 2 aromatic rings. The van der Waals surface area contributed by atoms with Crippen molar-refractivity contribution in [3.05, 3.63) is 42.0 Å². The minimum absolute atomic E-state index is 0.00101. The number of benzene rings is 2. The number of piperidine rings is 1. The van der Waals surface area contributed by atoms with E-state index in [0.29, 0.717) is 30.2 Å². The number of rotatable bonds is 9. The van der Waals surface area contributed by atoms with Crippen LogP contribution in [-0.4, -0.2) is 56.8 Å². The lowest BCUT2D eigenvalue weighted by atomic mass is 10.1. The molecule has 0 saturated carbocycles. The van der Waals surface area contributed by atoms with Crippen LogP contribution in [0.1, 0.15) is 42.5 Å². The standard InChI is InChI=1S/C23H28N2O7S/c1-31-21-10-6-16(14-22(21)32-2)19(26)9-11-23(28)24-18-15-17(7-8-20(18)27)33(29,30)25-12-4-3-5-13-25/h6-8,10,14-15,27H,3-5,9,11-13H2,1-2H3,(H,24,28). The maximum atomic E-state index is 12.9. The molecule has 0 unspecified atom stereocenters. The van der Waals surface area contributed by atoms with Crippen LogP contribution in [0.3, 0.4) is 0 Å². The van der Waals surface area contributed by atoms with Gasteiger partial charge in [0, 0.05) is 31.5 Å². The number of carbonyl (C=O) groups is 2. The summed E-state index contributed by atoms with van der Waals surface area (Å²) >= 11 is 0. The number of ether oxygens (including phenoxy) is 2. The van der Waals surface area contributed by atoms with Crippen molar-refractivity contribution in [1.82, 2.24) is 4.31 Å². The Balaban J connectivity index is 1.65. The number of carbonyl (C=O) groups excluding carboxylic acids is 2. The quantitative estimate of drug-likeness (QED) is 0.421. The summed E-state index contributed by atoms with van der Waals surface area (Å²) in [6, 6.07) is 8.53. The van der Waals surface area contributed by atoms with Gasteiger partial charge in [-0.2, -0.15) is 4.31 Å². The van der Waals surface area contributed by atoms with E-state index in [4.69, 9.17) is 9.47 Å². The Morgan fingerprint density at radius 1 is 0.970 bits per heavy atom. The van der Waals surface area contributed by atoms with Gasteiger partial charge in [-0.05, 0) is 49.2 Å². The SMILES string of the molecule is COc1ccc(C(=O)CCC(=O)Nc2cc(S(=O)(=O)N3CCCCC3)ccc2O)cc1OC. The van der Waals surface area contributed by atoms with Crippen LogP contribution in [-0.2, 0) is 14.8 Å². The van der Waals surface area contributed by atoms with Gasteiger partial charge in [0.25, 0.3) is 0 Å². The van der Waals surface area contributed by atoms with Crippen LogP contribution in [0.4, 0.5) is 5.69 Å². The summed E-state index contributed by atoms with van der Waals surface area (Å²) in [5, 5.41) is 12.6. The molecule has 2 aromatic carbocycles. The first-order valence-corrected chi connectivity index (χ1v) is 12.1. The predicted octanol–water partition coefficient (Wildman–Crippen LogP) is 3.19. The van der Waals surface area contributed by atoms with Gasteiger partial charge in [0.15, 0.2) is 17.3 Å². The number of nitrogens with one attached hydrogen (secondary N) is 1. The Hall–Kier alpha value is -3.11. The van der Waals surface area contributed by atoms with Crippen molar-refractivity contribution in [2.45, 2.75) is 37.0 Å². The van der Waals surface area contributed by atoms with Crippen LogP contribution in [0.15, 0.2) is 41.3 Å². The molecule has 2 N–H and O–H groups in total. The van der Waals surface area contributed by atoms with Crippen molar-refractivity contribution >= 4 is 27.4 Å². The Morgan fingerprint density at radius 3 is 2.33 bits per heavy atom. The molecule has 1 fully saturated rings. The summed E-state index contributed by atoms with van der Waals surface area (Å²) < 4.78 is 37.5. The van der Waals surface area contributed by atoms with Gasteiger partial charge in [-0.3, -0.25) is 9.59 Å². The first-order chi connectivity index (χ1) is 15.8. The van der Waals surface area contributed by atoms with E-state index in [-0.39, 0.29) is 35.0 Å². The summed E-state index contributed by atoms with van der Waals surface area (Å²) in [4.78, 5) is 24.9. The number of nitrogens with zero attached hydrogens (tertiary/aromatic N) is 1. The molecule has 1 aliphatic heterocycles. The number of phenols is 1. The number of sulfonamides is 1. The highest BCUT2D eigenvalue weighted by Crippen LogP contribution is 2.30. The third-order valence-corrected chi connectivity index (χ3v) is 7.37. The summed E-state index contributed by atoms with van der Waals surface area (Å²) in [5.41, 5.74) is 0.356. The molecular weight excluding hydrogens is 448 g/mol. The van der Waals surface area contributed by atoms with E-state index in [1.54, 1.807) is 18.2 Å². The highest BCUT2D eigenvalue weighted by atomic mass is 32.2. The van der Waals surface area contributed by atoms with Crippen molar-refractivity contribution in [2.24, 2.45) is 0 Å². The van der Waals surface area contributed by atoms with E-state index in [1.165, 1.54) is 36.7 Å². The fourth-order valence-corrected chi connectivity index (χ4v) is 5.17. The first kappa shape index (κ1) is 24.5. The van der Waals surface area contributed by atoms with E-state index in [0.717, 1.165) is 19.3 Å². The van der Waals surface area contributed by atoms with Gasteiger partial charge in [-0.25, -0.2) is 8.42 Å². The van der Waals surface area contributed by atoms with Gasteiger partial charge in [-0.15, -0.1) is 0 Å². The topological polar surface area (TPSA) is 122 Å². The number of Topliss-reactive ketones (excluding diaryl/α,β-unsaturated/α-hetero) is 1. The lowest BCUT2D eigenvalue weighted by molar-refractivity contribution is -0.116. The second-order valence-electron chi connectivity index (χ2n) is 7.68. The molecule has 0 atom stereocenters. The lowest BCUT2D eigenvalue weighted by Gasteiger charge is -2.26. The minimum Gasteiger partial charge on any atom is -0.506 e. The van der Waals surface area contributed by atoms with Gasteiger partial charge < -0.3 is 19.9 Å². The van der Waals surface area contributed by atoms with Crippen molar-refractivity contribution in [1.29, 1.82) is 0 Å². The maximum absolute atomic E-state index is 12.9. The molecule has 1 heterocycles. The number of amides is 1. The normalized spacial score (nSPS) is 14.5. The molecular formula is C23H28N2O7S. The Morgan fingerprint density at radius 2 is 1.67 bits per heavy atom. The summed E-state index contributed by atoms with van der Waals surface area (Å²) in [6.45, 7) is 0.895. The number of hydrogen-bond donors (Lipinski definition) is 2. The molecule has 1 aliphatic rings. The van der Waals surface area contributed by atoms with Crippen LogP contribution in [0, 0.1) is 0 Å². The van der Waals surface area contributed by atoms with Crippen LogP contribution in [0.5, 0.6) is 17.2 Å². The van der Waals surface area contributed by atoms with E-state index < -0.39 is 15.9 Å². The average molecular weight is 477 g/mol. The van der Waals surface area contributed by atoms with Crippen LogP contribution in [0.2, 0.25) is 0 Å². The third kappa shape index (κ3) is 5.82. The number of aromatic hydroxyl groups is 1. The monoisotopic (exact) mass is 476 g/mol. The number of hydrogen-bond acceptors (Lipinski definition) is 7. The molecule has 0 aromatic heterocycles. The number of phenolic OH excluding ortho intramolecular Hbond substituents is 1. The molecule has 10 heteroatoms. The molecule has 33 heavy (non-hydrogen) atoms. The largest absolute Gasteiger partial charge is 0.506 e. The molecule has 0 radical (unpaired) electrons. The number of methoxy groups -OCH3 is 2. The van der Waals surface area contributed by atoms with Crippen molar-refractivity contribution in [3.8, 4) is 17.2 Å². The predicted molar refractivity (Wildman–Crippen MR) is 122 cm³/mol. The highest BCUT2D eigenvalue weighted by Gasteiger charge is 2.27. The maximum Gasteiger partial charge on any atom is 0.243 e. The zero-order valence-electron chi connectivity index (χ0n) is 18.7. The molecule has 0 spiro atoms. The molecule has 9 nitrogen and oxygen atoms in total. The van der Waals surface area contributed by atoms with E-state index in [9.17, 15) is 23.1 Å². The van der Waals surface area contributed by atoms with Crippen LogP contribution >= 0.6 is 0 Å². The first-order valence-electron chi connectivity index (χ1n) is 10.6. The summed E-state index contributed by atoms with van der Waals surface area (Å²) in [7, 11) is -0.761. The van der Waals surface area contributed by atoms with E-state index in [1.807, 2.05) is 0 Å². The van der Waals surface area contributed by atoms with Crippen LogP contribution in [0.25, 0.3) is 0 Å². The van der Waals surface area contributed by atoms with Crippen LogP contribution < -0.4 is 14.8 Å². The highest BCUT2D eigenvalue weighted by molar-refractivity contribution is 7.89. The second-order valence-corrected chi connectivity index (χ2v) is 9.62.